The van der Waals surface area contributed by atoms with Gasteiger partial charge in [0.25, 0.3) is 5.56 Å². The van der Waals surface area contributed by atoms with E-state index in [-0.39, 0.29) is 18.5 Å². The van der Waals surface area contributed by atoms with Crippen LogP contribution < -0.4 is 5.56 Å². The lowest BCUT2D eigenvalue weighted by Gasteiger charge is -2.10. The summed E-state index contributed by atoms with van der Waals surface area (Å²) in [5, 5.41) is 9.39. The summed E-state index contributed by atoms with van der Waals surface area (Å²) >= 11 is 7.32. The molecule has 1 N–H and O–H groups in total. The van der Waals surface area contributed by atoms with Gasteiger partial charge in [0.1, 0.15) is 5.82 Å². The highest BCUT2D eigenvalue weighted by Crippen LogP contribution is 2.23. The molecule has 0 spiro atoms. The van der Waals surface area contributed by atoms with E-state index in [1.165, 1.54) is 15.9 Å². The molecule has 2 aromatic heterocycles. The van der Waals surface area contributed by atoms with Crippen LogP contribution in [0.2, 0.25) is 4.34 Å². The van der Waals surface area contributed by atoms with Crippen LogP contribution in [0.4, 0.5) is 0 Å². The molecule has 24 heavy (non-hydrogen) atoms. The number of aromatic nitrogens is 2. The molecule has 0 saturated carbocycles. The van der Waals surface area contributed by atoms with Crippen molar-refractivity contribution in [3.63, 3.8) is 0 Å². The van der Waals surface area contributed by atoms with Gasteiger partial charge in [-0.25, -0.2) is 4.98 Å². The Kier molecular flexibility index (Phi) is 4.78. The number of halogens is 1. The third-order valence-electron chi connectivity index (χ3n) is 3.43. The molecule has 0 amide bonds. The van der Waals surface area contributed by atoms with Crippen LogP contribution >= 0.6 is 22.9 Å². The van der Waals surface area contributed by atoms with Crippen LogP contribution in [0.3, 0.4) is 0 Å². The smallest absolute Gasteiger partial charge is 0.305 e. The third-order valence-corrected chi connectivity index (χ3v) is 4.63. The molecule has 1 aromatic carbocycles. The summed E-state index contributed by atoms with van der Waals surface area (Å²) in [6.45, 7) is 0.0663. The Balaban J connectivity index is 2.09. The first-order valence-corrected chi connectivity index (χ1v) is 8.39. The number of nitrogens with zero attached hydrogens (tertiary/aromatic N) is 2. The van der Waals surface area contributed by atoms with Crippen molar-refractivity contribution < 1.29 is 9.90 Å². The maximum Gasteiger partial charge on any atom is 0.305 e. The molecule has 0 radical (unpaired) electrons. The second-order valence-corrected chi connectivity index (χ2v) is 6.81. The SMILES string of the molecule is O=C(O)CCn1c(/C=C/c2ccc(Cl)s2)nc2ccccc2c1=O. The monoisotopic (exact) mass is 360 g/mol. The number of carbonyl (C=O) groups is 1. The number of para-hydroxylation sites is 1. The van der Waals surface area contributed by atoms with E-state index < -0.39 is 5.97 Å². The molecule has 7 heteroatoms. The minimum atomic E-state index is -0.963. The van der Waals surface area contributed by atoms with E-state index in [1.807, 2.05) is 18.2 Å². The van der Waals surface area contributed by atoms with Gasteiger partial charge in [0.15, 0.2) is 0 Å². The molecular formula is C17H13ClN2O3S. The van der Waals surface area contributed by atoms with Crippen LogP contribution in [-0.2, 0) is 11.3 Å². The molecule has 3 aromatic rings. The molecule has 0 atom stereocenters. The number of hydrogen-bond donors (Lipinski definition) is 1. The number of benzene rings is 1. The van der Waals surface area contributed by atoms with Gasteiger partial charge in [-0.3, -0.25) is 14.2 Å². The van der Waals surface area contributed by atoms with E-state index in [0.29, 0.717) is 21.1 Å². The maximum atomic E-state index is 12.7. The number of carboxylic acids is 1. The predicted molar refractivity (Wildman–Crippen MR) is 96.5 cm³/mol. The highest BCUT2D eigenvalue weighted by molar-refractivity contribution is 7.17. The van der Waals surface area contributed by atoms with Gasteiger partial charge in [-0.15, -0.1) is 11.3 Å². The van der Waals surface area contributed by atoms with Gasteiger partial charge in [0.2, 0.25) is 0 Å². The number of fused-ring (bicyclic) bond motifs is 1. The van der Waals surface area contributed by atoms with Crippen molar-refractivity contribution in [2.45, 2.75) is 13.0 Å². The quantitative estimate of drug-likeness (QED) is 0.752. The molecule has 3 rings (SSSR count). The topological polar surface area (TPSA) is 72.2 Å². The van der Waals surface area contributed by atoms with Crippen molar-refractivity contribution in [2.75, 3.05) is 0 Å². The molecule has 0 aliphatic carbocycles. The van der Waals surface area contributed by atoms with E-state index in [9.17, 15) is 9.59 Å². The summed E-state index contributed by atoms with van der Waals surface area (Å²) in [5.74, 6) is -0.542. The Labute approximate surface area is 146 Å². The molecule has 0 saturated heterocycles. The molecule has 5 nitrogen and oxygen atoms in total. The molecule has 0 fully saturated rings. The molecule has 2 heterocycles. The first kappa shape index (κ1) is 16.4. The zero-order chi connectivity index (χ0) is 17.1. The van der Waals surface area contributed by atoms with Gasteiger partial charge < -0.3 is 5.11 Å². The van der Waals surface area contributed by atoms with Crippen LogP contribution in [0.25, 0.3) is 23.1 Å². The average Bonchev–Trinajstić information content (AvgIpc) is 2.97. The number of rotatable bonds is 5. The van der Waals surface area contributed by atoms with Gasteiger partial charge in [0, 0.05) is 11.4 Å². The summed E-state index contributed by atoms with van der Waals surface area (Å²) in [6, 6.07) is 10.7. The first-order valence-electron chi connectivity index (χ1n) is 7.19. The second-order valence-electron chi connectivity index (χ2n) is 5.06. The summed E-state index contributed by atoms with van der Waals surface area (Å²) in [4.78, 5) is 28.9. The van der Waals surface area contributed by atoms with Gasteiger partial charge in [-0.05, 0) is 36.4 Å². The van der Waals surface area contributed by atoms with Crippen molar-refractivity contribution in [3.05, 3.63) is 61.8 Å². The Hall–Kier alpha value is -2.44. The lowest BCUT2D eigenvalue weighted by molar-refractivity contribution is -0.137. The van der Waals surface area contributed by atoms with Crippen LogP contribution in [0.1, 0.15) is 17.1 Å². The lowest BCUT2D eigenvalue weighted by atomic mass is 10.2. The van der Waals surface area contributed by atoms with E-state index in [4.69, 9.17) is 16.7 Å². The largest absolute Gasteiger partial charge is 0.481 e. The maximum absolute atomic E-state index is 12.7. The molecule has 0 unspecified atom stereocenters. The fourth-order valence-electron chi connectivity index (χ4n) is 2.31. The average molecular weight is 361 g/mol. The number of carboxylic acid groups (broad SMARTS) is 1. The standard InChI is InChI=1S/C17H13ClN2O3S/c18-14-7-5-11(24-14)6-8-15-19-13-4-2-1-3-12(13)17(23)20(15)10-9-16(21)22/h1-8H,9-10H2,(H,21,22)/b8-6+. The Morgan fingerprint density at radius 3 is 2.75 bits per heavy atom. The summed E-state index contributed by atoms with van der Waals surface area (Å²) in [6.07, 6.45) is 3.37. The number of thiophene rings is 1. The van der Waals surface area contributed by atoms with Gasteiger partial charge in [0.05, 0.1) is 21.7 Å². The Morgan fingerprint density at radius 1 is 1.25 bits per heavy atom. The van der Waals surface area contributed by atoms with Gasteiger partial charge >= 0.3 is 5.97 Å². The molecule has 0 bridgehead atoms. The van der Waals surface area contributed by atoms with Crippen molar-refractivity contribution >= 4 is 52.0 Å². The molecular weight excluding hydrogens is 348 g/mol. The van der Waals surface area contributed by atoms with E-state index in [1.54, 1.807) is 30.3 Å². The third kappa shape index (κ3) is 3.55. The second kappa shape index (κ2) is 6.98. The van der Waals surface area contributed by atoms with Crippen molar-refractivity contribution in [1.29, 1.82) is 0 Å². The van der Waals surface area contributed by atoms with Crippen molar-refractivity contribution in [3.8, 4) is 0 Å². The zero-order valence-electron chi connectivity index (χ0n) is 12.5. The Bertz CT molecular complexity index is 991. The van der Waals surface area contributed by atoms with Crippen LogP contribution in [0, 0.1) is 0 Å². The number of aliphatic carboxylic acids is 1. The van der Waals surface area contributed by atoms with Crippen molar-refractivity contribution in [2.24, 2.45) is 0 Å². The van der Waals surface area contributed by atoms with Crippen molar-refractivity contribution in [1.82, 2.24) is 9.55 Å². The highest BCUT2D eigenvalue weighted by atomic mass is 35.5. The summed E-state index contributed by atoms with van der Waals surface area (Å²) in [7, 11) is 0. The van der Waals surface area contributed by atoms with E-state index >= 15 is 0 Å². The fourth-order valence-corrected chi connectivity index (χ4v) is 3.27. The van der Waals surface area contributed by atoms with Gasteiger partial charge in [-0.1, -0.05) is 23.7 Å². The zero-order valence-corrected chi connectivity index (χ0v) is 14.0. The van der Waals surface area contributed by atoms with E-state index in [2.05, 4.69) is 4.98 Å². The molecule has 122 valence electrons. The van der Waals surface area contributed by atoms with Crippen LogP contribution in [-0.4, -0.2) is 20.6 Å². The van der Waals surface area contributed by atoms with E-state index in [0.717, 1.165) is 4.88 Å². The summed E-state index contributed by atoms with van der Waals surface area (Å²) in [5.41, 5.74) is 0.337. The molecule has 0 aliphatic heterocycles. The predicted octanol–water partition coefficient (Wildman–Crippen LogP) is 3.76. The molecule has 0 aliphatic rings. The Morgan fingerprint density at radius 2 is 2.04 bits per heavy atom. The first-order chi connectivity index (χ1) is 11.5. The minimum Gasteiger partial charge on any atom is -0.481 e. The number of hydrogen-bond acceptors (Lipinski definition) is 4. The fraction of sp³-hybridized carbons (Fsp3) is 0.118. The highest BCUT2D eigenvalue weighted by Gasteiger charge is 2.10. The normalized spacial score (nSPS) is 11.4. The van der Waals surface area contributed by atoms with Gasteiger partial charge in [-0.2, -0.15) is 0 Å². The lowest BCUT2D eigenvalue weighted by Crippen LogP contribution is -2.25. The van der Waals surface area contributed by atoms with Crippen LogP contribution in [0.15, 0.2) is 41.2 Å². The minimum absolute atomic E-state index is 0.0663. The summed E-state index contributed by atoms with van der Waals surface area (Å²) < 4.78 is 2.06. The van der Waals surface area contributed by atoms with Crippen LogP contribution in [0.5, 0.6) is 0 Å².